The van der Waals surface area contributed by atoms with Crippen LogP contribution >= 0.6 is 11.8 Å². The molecule has 1 N–H and O–H groups in total. The first kappa shape index (κ1) is 13.8. The van der Waals surface area contributed by atoms with Crippen molar-refractivity contribution in [1.29, 1.82) is 0 Å². The van der Waals surface area contributed by atoms with E-state index in [-0.39, 0.29) is 5.82 Å². The Bertz CT molecular complexity index is 405. The molecule has 17 heavy (non-hydrogen) atoms. The second-order valence-corrected chi connectivity index (χ2v) is 4.60. The number of guanidine groups is 1. The zero-order valence-corrected chi connectivity index (χ0v) is 11.4. The van der Waals surface area contributed by atoms with Crippen molar-refractivity contribution in [1.82, 2.24) is 10.2 Å². The fourth-order valence-corrected chi connectivity index (χ4v) is 2.09. The molecule has 1 rings (SSSR count). The highest BCUT2D eigenvalue weighted by atomic mass is 32.2. The summed E-state index contributed by atoms with van der Waals surface area (Å²) in [6.45, 7) is 0.568. The number of rotatable bonds is 3. The van der Waals surface area contributed by atoms with E-state index in [1.165, 1.54) is 6.07 Å². The number of benzene rings is 1. The Morgan fingerprint density at radius 2 is 2.18 bits per heavy atom. The van der Waals surface area contributed by atoms with Gasteiger partial charge < -0.3 is 10.2 Å². The maximum absolute atomic E-state index is 13.2. The summed E-state index contributed by atoms with van der Waals surface area (Å²) in [6.07, 6.45) is 1.98. The van der Waals surface area contributed by atoms with Crippen LogP contribution in [0.1, 0.15) is 5.56 Å². The molecule has 94 valence electrons. The Morgan fingerprint density at radius 1 is 1.47 bits per heavy atom. The van der Waals surface area contributed by atoms with Gasteiger partial charge in [-0.25, -0.2) is 4.39 Å². The maximum Gasteiger partial charge on any atom is 0.193 e. The van der Waals surface area contributed by atoms with Crippen molar-refractivity contribution < 1.29 is 4.39 Å². The van der Waals surface area contributed by atoms with Crippen molar-refractivity contribution in [2.75, 3.05) is 27.4 Å². The van der Waals surface area contributed by atoms with Gasteiger partial charge in [0.1, 0.15) is 5.82 Å². The molecule has 0 fully saturated rings. The number of aliphatic imine (C=N–C) groups is 1. The number of thioether (sulfide) groups is 1. The number of hydrogen-bond acceptors (Lipinski definition) is 2. The van der Waals surface area contributed by atoms with Gasteiger partial charge in [-0.2, -0.15) is 0 Å². The molecule has 0 aliphatic heterocycles. The van der Waals surface area contributed by atoms with Crippen molar-refractivity contribution in [3.05, 3.63) is 29.6 Å². The van der Waals surface area contributed by atoms with Gasteiger partial charge >= 0.3 is 0 Å². The molecule has 0 heterocycles. The van der Waals surface area contributed by atoms with Crippen molar-refractivity contribution >= 4 is 17.7 Å². The Balaban J connectivity index is 2.77. The largest absolute Gasteiger partial charge is 0.352 e. The molecule has 0 atom stereocenters. The first-order chi connectivity index (χ1) is 8.08. The van der Waals surface area contributed by atoms with Crippen molar-refractivity contribution in [3.8, 4) is 0 Å². The lowest BCUT2D eigenvalue weighted by molar-refractivity contribution is 0.580. The van der Waals surface area contributed by atoms with E-state index in [1.54, 1.807) is 30.9 Å². The van der Waals surface area contributed by atoms with E-state index in [1.807, 2.05) is 25.3 Å². The zero-order valence-electron chi connectivity index (χ0n) is 10.6. The van der Waals surface area contributed by atoms with Gasteiger partial charge in [0.25, 0.3) is 0 Å². The summed E-state index contributed by atoms with van der Waals surface area (Å²) in [5.74, 6) is 0.570. The first-order valence-electron chi connectivity index (χ1n) is 5.29. The first-order valence-corrected chi connectivity index (χ1v) is 6.51. The van der Waals surface area contributed by atoms with E-state index in [4.69, 9.17) is 0 Å². The van der Waals surface area contributed by atoms with Crippen LogP contribution in [0, 0.1) is 5.82 Å². The summed E-state index contributed by atoms with van der Waals surface area (Å²) in [4.78, 5) is 7.08. The summed E-state index contributed by atoms with van der Waals surface area (Å²) in [5.41, 5.74) is 0.945. The molecule has 1 aromatic rings. The number of nitrogens with zero attached hydrogens (tertiary/aromatic N) is 2. The predicted molar refractivity (Wildman–Crippen MR) is 72.1 cm³/mol. The molecule has 3 nitrogen and oxygen atoms in total. The number of halogens is 1. The predicted octanol–water partition coefficient (Wildman–Crippen LogP) is 2.18. The van der Waals surface area contributed by atoms with Gasteiger partial charge in [0.05, 0.1) is 0 Å². The highest BCUT2D eigenvalue weighted by Crippen LogP contribution is 2.21. The molecule has 0 bridgehead atoms. The van der Waals surface area contributed by atoms with E-state index in [2.05, 4.69) is 10.3 Å². The third-order valence-corrected chi connectivity index (χ3v) is 3.15. The third-order valence-electron chi connectivity index (χ3n) is 2.31. The highest BCUT2D eigenvalue weighted by molar-refractivity contribution is 7.98. The lowest BCUT2D eigenvalue weighted by Gasteiger charge is -2.17. The molecule has 0 aromatic heterocycles. The molecule has 0 unspecified atom stereocenters. The second kappa shape index (κ2) is 6.49. The minimum Gasteiger partial charge on any atom is -0.352 e. The fourth-order valence-electron chi connectivity index (χ4n) is 1.50. The highest BCUT2D eigenvalue weighted by Gasteiger charge is 2.05. The van der Waals surface area contributed by atoms with Crippen LogP contribution in [0.25, 0.3) is 0 Å². The molecule has 0 saturated carbocycles. The van der Waals surface area contributed by atoms with Crippen LogP contribution in [0.4, 0.5) is 4.39 Å². The van der Waals surface area contributed by atoms with Crippen molar-refractivity contribution in [2.24, 2.45) is 4.99 Å². The second-order valence-electron chi connectivity index (χ2n) is 3.75. The van der Waals surface area contributed by atoms with Crippen LogP contribution in [0.5, 0.6) is 0 Å². The van der Waals surface area contributed by atoms with Gasteiger partial charge in [0.15, 0.2) is 5.96 Å². The van der Waals surface area contributed by atoms with Gasteiger partial charge in [0.2, 0.25) is 0 Å². The molecule has 0 amide bonds. The molecular formula is C12H18FN3S. The van der Waals surface area contributed by atoms with Gasteiger partial charge in [-0.05, 0) is 30.0 Å². The van der Waals surface area contributed by atoms with Gasteiger partial charge in [0, 0.05) is 32.6 Å². The summed E-state index contributed by atoms with van der Waals surface area (Å²) in [7, 11) is 5.55. The SMILES string of the molecule is CN=C(NCc1cc(F)ccc1SC)N(C)C. The minimum absolute atomic E-state index is 0.209. The summed E-state index contributed by atoms with van der Waals surface area (Å²) < 4.78 is 13.2. The van der Waals surface area contributed by atoms with Crippen LogP contribution in [-0.4, -0.2) is 38.3 Å². The standard InChI is InChI=1S/C12H18FN3S/c1-14-12(16(2)3)15-8-9-7-10(13)5-6-11(9)17-4/h5-7H,8H2,1-4H3,(H,14,15). The molecule has 5 heteroatoms. The Hall–Kier alpha value is -1.23. The van der Waals surface area contributed by atoms with E-state index in [0.29, 0.717) is 6.54 Å². The Kier molecular flexibility index (Phi) is 5.28. The smallest absolute Gasteiger partial charge is 0.193 e. The van der Waals surface area contributed by atoms with Crippen molar-refractivity contribution in [3.63, 3.8) is 0 Å². The van der Waals surface area contributed by atoms with E-state index < -0.39 is 0 Å². The molecular weight excluding hydrogens is 237 g/mol. The van der Waals surface area contributed by atoms with Crippen LogP contribution in [0.2, 0.25) is 0 Å². The number of hydrogen-bond donors (Lipinski definition) is 1. The van der Waals surface area contributed by atoms with Gasteiger partial charge in [-0.15, -0.1) is 11.8 Å². The average Bonchev–Trinajstić information content (AvgIpc) is 2.29. The van der Waals surface area contributed by atoms with Crippen LogP contribution in [-0.2, 0) is 6.54 Å². The number of nitrogens with one attached hydrogen (secondary N) is 1. The third kappa shape index (κ3) is 3.93. The molecule has 0 saturated heterocycles. The van der Waals surface area contributed by atoms with Crippen LogP contribution < -0.4 is 5.32 Å². The Labute approximate surface area is 106 Å². The minimum atomic E-state index is -0.209. The van der Waals surface area contributed by atoms with Crippen molar-refractivity contribution in [2.45, 2.75) is 11.4 Å². The Morgan fingerprint density at radius 3 is 2.71 bits per heavy atom. The fraction of sp³-hybridized carbons (Fsp3) is 0.417. The topological polar surface area (TPSA) is 27.6 Å². The quantitative estimate of drug-likeness (QED) is 0.510. The molecule has 0 radical (unpaired) electrons. The molecule has 1 aromatic carbocycles. The average molecular weight is 255 g/mol. The summed E-state index contributed by atoms with van der Waals surface area (Å²) in [6, 6.07) is 4.84. The lowest BCUT2D eigenvalue weighted by Crippen LogP contribution is -2.35. The van der Waals surface area contributed by atoms with E-state index >= 15 is 0 Å². The summed E-state index contributed by atoms with van der Waals surface area (Å²) >= 11 is 1.61. The monoisotopic (exact) mass is 255 g/mol. The summed E-state index contributed by atoms with van der Waals surface area (Å²) in [5, 5.41) is 3.18. The maximum atomic E-state index is 13.2. The van der Waals surface area contributed by atoms with E-state index in [9.17, 15) is 4.39 Å². The van der Waals surface area contributed by atoms with E-state index in [0.717, 1.165) is 16.4 Å². The zero-order chi connectivity index (χ0) is 12.8. The van der Waals surface area contributed by atoms with Gasteiger partial charge in [-0.3, -0.25) is 4.99 Å². The van der Waals surface area contributed by atoms with Crippen LogP contribution in [0.3, 0.4) is 0 Å². The van der Waals surface area contributed by atoms with Gasteiger partial charge in [-0.1, -0.05) is 0 Å². The van der Waals surface area contributed by atoms with Crippen LogP contribution in [0.15, 0.2) is 28.1 Å². The lowest BCUT2D eigenvalue weighted by atomic mass is 10.2. The molecule has 0 spiro atoms. The molecule has 0 aliphatic rings. The normalized spacial score (nSPS) is 11.5. The molecule has 0 aliphatic carbocycles.